The van der Waals surface area contributed by atoms with E-state index >= 15 is 0 Å². The van der Waals surface area contributed by atoms with Gasteiger partial charge in [0.05, 0.1) is 16.2 Å². The van der Waals surface area contributed by atoms with Gasteiger partial charge >= 0.3 is 0 Å². The molecule has 1 saturated heterocycles. The van der Waals surface area contributed by atoms with Crippen LogP contribution >= 0.6 is 0 Å². The van der Waals surface area contributed by atoms with Gasteiger partial charge < -0.3 is 10.2 Å². The number of likely N-dealkylation sites (tertiary alicyclic amines) is 1. The Balaban J connectivity index is 1.70. The van der Waals surface area contributed by atoms with E-state index in [0.717, 1.165) is 13.0 Å². The summed E-state index contributed by atoms with van der Waals surface area (Å²) in [7, 11) is -2.07. The summed E-state index contributed by atoms with van der Waals surface area (Å²) in [6.45, 7) is 0.771. The van der Waals surface area contributed by atoms with Gasteiger partial charge in [-0.1, -0.05) is 18.2 Å². The molecule has 2 aromatic carbocycles. The lowest BCUT2D eigenvalue weighted by atomic mass is 10.1. The number of amidine groups is 1. The Hall–Kier alpha value is -3.27. The number of nitro groups is 1. The van der Waals surface area contributed by atoms with Crippen LogP contribution < -0.4 is 5.32 Å². The molecule has 3 rings (SSSR count). The summed E-state index contributed by atoms with van der Waals surface area (Å²) >= 11 is 0. The highest BCUT2D eigenvalue weighted by molar-refractivity contribution is 7.90. The minimum absolute atomic E-state index is 0.00145. The summed E-state index contributed by atoms with van der Waals surface area (Å²) in [6, 6.07) is 11.6. The maximum absolute atomic E-state index is 12.6. The molecule has 2 aromatic rings. The smallest absolute Gasteiger partial charge is 0.284 e. The topological polar surface area (TPSA) is 122 Å². The molecule has 1 fully saturated rings. The Morgan fingerprint density at radius 1 is 1.24 bits per heavy atom. The first-order valence-electron chi connectivity index (χ1n) is 8.93. The molecule has 1 aliphatic rings. The van der Waals surface area contributed by atoms with Gasteiger partial charge in [-0.3, -0.25) is 14.9 Å². The van der Waals surface area contributed by atoms with Crippen molar-refractivity contribution >= 4 is 33.1 Å². The second-order valence-electron chi connectivity index (χ2n) is 6.68. The molecule has 9 nitrogen and oxygen atoms in total. The SMILES string of the molecule is CN1CCCC1=NS(=O)(=O)c1cccc(NC(=O)Cc2ccc([N+](=O)[O-])cc2)c1. The lowest BCUT2D eigenvalue weighted by Crippen LogP contribution is -2.20. The number of carbonyl (C=O) groups is 1. The van der Waals surface area contributed by atoms with Crippen LogP contribution in [0.15, 0.2) is 57.8 Å². The Bertz CT molecular complexity index is 1060. The zero-order chi connectivity index (χ0) is 21.0. The molecule has 0 aliphatic carbocycles. The van der Waals surface area contributed by atoms with E-state index in [1.165, 1.54) is 42.5 Å². The average molecular weight is 416 g/mol. The minimum atomic E-state index is -3.88. The number of carbonyl (C=O) groups excluding carboxylic acids is 1. The number of amides is 1. The van der Waals surface area contributed by atoms with Crippen molar-refractivity contribution in [2.24, 2.45) is 4.40 Å². The predicted octanol–water partition coefficient (Wildman–Crippen LogP) is 2.59. The van der Waals surface area contributed by atoms with E-state index in [1.54, 1.807) is 13.1 Å². The highest BCUT2D eigenvalue weighted by Gasteiger charge is 2.20. The number of non-ortho nitro benzene ring substituents is 1. The standard InChI is InChI=1S/C19H20N4O5S/c1-22-11-3-6-18(22)21-29(27,28)17-5-2-4-15(13-17)20-19(24)12-14-7-9-16(10-8-14)23(25)26/h2,4-5,7-10,13H,3,6,11-12H2,1H3,(H,20,24). The summed E-state index contributed by atoms with van der Waals surface area (Å²) in [5.41, 5.74) is 0.882. The number of hydrogen-bond donors (Lipinski definition) is 1. The average Bonchev–Trinajstić information content (AvgIpc) is 3.06. The van der Waals surface area contributed by atoms with E-state index in [0.29, 0.717) is 23.5 Å². The molecular weight excluding hydrogens is 396 g/mol. The van der Waals surface area contributed by atoms with Gasteiger partial charge in [-0.15, -0.1) is 4.40 Å². The van der Waals surface area contributed by atoms with Crippen LogP contribution in [0.2, 0.25) is 0 Å². The van der Waals surface area contributed by atoms with Crippen LogP contribution in [-0.2, 0) is 21.2 Å². The molecular formula is C19H20N4O5S. The summed E-state index contributed by atoms with van der Waals surface area (Å²) in [5, 5.41) is 13.3. The molecule has 0 unspecified atom stereocenters. The van der Waals surface area contributed by atoms with Crippen LogP contribution in [0.3, 0.4) is 0 Å². The molecule has 10 heteroatoms. The van der Waals surface area contributed by atoms with Crippen molar-refractivity contribution in [2.45, 2.75) is 24.2 Å². The van der Waals surface area contributed by atoms with Crippen molar-refractivity contribution in [3.63, 3.8) is 0 Å². The van der Waals surface area contributed by atoms with Gasteiger partial charge in [0, 0.05) is 37.8 Å². The normalized spacial score (nSPS) is 15.5. The van der Waals surface area contributed by atoms with Gasteiger partial charge in [0.2, 0.25) is 5.91 Å². The number of nitrogens with zero attached hydrogens (tertiary/aromatic N) is 3. The van der Waals surface area contributed by atoms with Crippen LogP contribution in [0.4, 0.5) is 11.4 Å². The summed E-state index contributed by atoms with van der Waals surface area (Å²) in [4.78, 5) is 24.2. The molecule has 1 amide bonds. The molecule has 0 spiro atoms. The highest BCUT2D eigenvalue weighted by Crippen LogP contribution is 2.20. The summed E-state index contributed by atoms with van der Waals surface area (Å²) in [5.74, 6) is 0.160. The number of benzene rings is 2. The fourth-order valence-electron chi connectivity index (χ4n) is 2.96. The van der Waals surface area contributed by atoms with Gasteiger partial charge in [0.1, 0.15) is 5.84 Å². The zero-order valence-electron chi connectivity index (χ0n) is 15.7. The van der Waals surface area contributed by atoms with E-state index in [9.17, 15) is 23.3 Å². The van der Waals surface area contributed by atoms with E-state index in [1.807, 2.05) is 4.90 Å². The van der Waals surface area contributed by atoms with Crippen molar-refractivity contribution in [1.29, 1.82) is 0 Å². The third-order valence-corrected chi connectivity index (χ3v) is 5.79. The molecule has 0 bridgehead atoms. The van der Waals surface area contributed by atoms with Gasteiger partial charge in [-0.25, -0.2) is 0 Å². The predicted molar refractivity (Wildman–Crippen MR) is 108 cm³/mol. The molecule has 1 heterocycles. The Labute approximate surface area is 168 Å². The number of nitro benzene ring substituents is 1. The highest BCUT2D eigenvalue weighted by atomic mass is 32.2. The van der Waals surface area contributed by atoms with Crippen LogP contribution in [0.25, 0.3) is 0 Å². The quantitative estimate of drug-likeness (QED) is 0.570. The zero-order valence-corrected chi connectivity index (χ0v) is 16.6. The van der Waals surface area contributed by atoms with Gasteiger partial charge in [-0.05, 0) is 30.2 Å². The van der Waals surface area contributed by atoms with Crippen LogP contribution in [0.1, 0.15) is 18.4 Å². The van der Waals surface area contributed by atoms with Crippen molar-refractivity contribution in [1.82, 2.24) is 4.90 Å². The Morgan fingerprint density at radius 3 is 2.59 bits per heavy atom. The first-order valence-corrected chi connectivity index (χ1v) is 10.4. The van der Waals surface area contributed by atoms with Crippen molar-refractivity contribution in [3.05, 3.63) is 64.2 Å². The Kier molecular flexibility index (Phi) is 5.92. The summed E-state index contributed by atoms with van der Waals surface area (Å²) < 4.78 is 29.1. The number of sulfonamides is 1. The molecule has 0 atom stereocenters. The molecule has 0 radical (unpaired) electrons. The van der Waals surface area contributed by atoms with Gasteiger partial charge in [0.15, 0.2) is 0 Å². The van der Waals surface area contributed by atoms with Crippen LogP contribution in [0, 0.1) is 10.1 Å². The first-order chi connectivity index (χ1) is 13.7. The molecule has 1 aliphatic heterocycles. The maximum Gasteiger partial charge on any atom is 0.284 e. The second-order valence-corrected chi connectivity index (χ2v) is 8.29. The van der Waals surface area contributed by atoms with E-state index < -0.39 is 14.9 Å². The number of nitrogens with one attached hydrogen (secondary N) is 1. The van der Waals surface area contributed by atoms with Crippen LogP contribution in [-0.4, -0.2) is 43.6 Å². The molecule has 0 saturated carbocycles. The number of anilines is 1. The lowest BCUT2D eigenvalue weighted by Gasteiger charge is -2.11. The molecule has 152 valence electrons. The summed E-state index contributed by atoms with van der Waals surface area (Å²) in [6.07, 6.45) is 1.48. The largest absolute Gasteiger partial charge is 0.362 e. The lowest BCUT2D eigenvalue weighted by molar-refractivity contribution is -0.384. The molecule has 0 aromatic heterocycles. The monoisotopic (exact) mass is 416 g/mol. The third-order valence-electron chi connectivity index (χ3n) is 4.49. The van der Waals surface area contributed by atoms with Crippen LogP contribution in [0.5, 0.6) is 0 Å². The van der Waals surface area contributed by atoms with Crippen molar-refractivity contribution in [3.8, 4) is 0 Å². The van der Waals surface area contributed by atoms with Crippen molar-refractivity contribution in [2.75, 3.05) is 18.9 Å². The number of hydrogen-bond acceptors (Lipinski definition) is 5. The maximum atomic E-state index is 12.6. The third kappa shape index (κ3) is 5.17. The fraction of sp³-hybridized carbons (Fsp3) is 0.263. The van der Waals surface area contributed by atoms with Gasteiger partial charge in [0.25, 0.3) is 15.7 Å². The minimum Gasteiger partial charge on any atom is -0.362 e. The van der Waals surface area contributed by atoms with E-state index in [-0.39, 0.29) is 22.9 Å². The van der Waals surface area contributed by atoms with Crippen molar-refractivity contribution < 1.29 is 18.1 Å². The molecule has 29 heavy (non-hydrogen) atoms. The molecule has 1 N–H and O–H groups in total. The number of rotatable bonds is 6. The van der Waals surface area contributed by atoms with E-state index in [4.69, 9.17) is 0 Å². The second kappa shape index (κ2) is 8.39. The Morgan fingerprint density at radius 2 is 1.97 bits per heavy atom. The van der Waals surface area contributed by atoms with Gasteiger partial charge in [-0.2, -0.15) is 8.42 Å². The first kappa shape index (κ1) is 20.5. The fourth-order valence-corrected chi connectivity index (χ4v) is 4.10. The van der Waals surface area contributed by atoms with E-state index in [2.05, 4.69) is 9.71 Å².